The second-order valence-electron chi connectivity index (χ2n) is 3.23. The fourth-order valence-corrected chi connectivity index (χ4v) is 1.27. The Morgan fingerprint density at radius 1 is 1.47 bits per heavy atom. The summed E-state index contributed by atoms with van der Waals surface area (Å²) in [5.41, 5.74) is 0.722. The van der Waals surface area contributed by atoms with E-state index >= 15 is 0 Å². The molecule has 1 atom stereocenters. The van der Waals surface area contributed by atoms with Crippen molar-refractivity contribution >= 4 is 5.78 Å². The molecule has 80 valence electrons. The minimum Gasteiger partial charge on any atom is -0.496 e. The van der Waals surface area contributed by atoms with Gasteiger partial charge >= 0.3 is 0 Å². The lowest BCUT2D eigenvalue weighted by molar-refractivity contribution is -0.114. The third-order valence-electron chi connectivity index (χ3n) is 2.22. The number of Topliss-reactive ketones (excluding diaryl/α,β-unsaturated/α-hetero) is 1. The Kier molecular flexibility index (Phi) is 3.63. The highest BCUT2D eigenvalue weighted by molar-refractivity contribution is 5.93. The number of aliphatic hydroxyl groups excluding tert-OH is 1. The largest absolute Gasteiger partial charge is 0.496 e. The van der Waals surface area contributed by atoms with Gasteiger partial charge in [0, 0.05) is 11.1 Å². The van der Waals surface area contributed by atoms with E-state index in [0.29, 0.717) is 11.3 Å². The Morgan fingerprint density at radius 2 is 2.07 bits per heavy atom. The molecular weight excluding hydrogens is 192 g/mol. The van der Waals surface area contributed by atoms with E-state index in [0.717, 1.165) is 0 Å². The van der Waals surface area contributed by atoms with Crippen LogP contribution in [0.15, 0.2) is 36.4 Å². The zero-order valence-electron chi connectivity index (χ0n) is 8.86. The number of aliphatic hydroxyl groups is 1. The van der Waals surface area contributed by atoms with E-state index in [4.69, 9.17) is 4.74 Å². The molecule has 1 rings (SSSR count). The number of benzene rings is 1. The predicted octanol–water partition coefficient (Wildman–Crippen LogP) is 1.87. The summed E-state index contributed by atoms with van der Waals surface area (Å²) in [5, 5.41) is 9.87. The van der Waals surface area contributed by atoms with Crippen LogP contribution in [-0.4, -0.2) is 18.0 Å². The maximum atomic E-state index is 11.1. The van der Waals surface area contributed by atoms with E-state index in [1.165, 1.54) is 14.0 Å². The van der Waals surface area contributed by atoms with Gasteiger partial charge in [-0.15, -0.1) is 0 Å². The average Bonchev–Trinajstić information content (AvgIpc) is 2.26. The topological polar surface area (TPSA) is 46.5 Å². The van der Waals surface area contributed by atoms with Gasteiger partial charge in [-0.3, -0.25) is 4.79 Å². The molecule has 0 bridgehead atoms. The molecule has 15 heavy (non-hydrogen) atoms. The van der Waals surface area contributed by atoms with Gasteiger partial charge in [0.15, 0.2) is 5.78 Å². The van der Waals surface area contributed by atoms with E-state index in [9.17, 15) is 9.90 Å². The average molecular weight is 206 g/mol. The van der Waals surface area contributed by atoms with Gasteiger partial charge in [-0.1, -0.05) is 24.8 Å². The third-order valence-corrected chi connectivity index (χ3v) is 2.22. The van der Waals surface area contributed by atoms with Crippen LogP contribution in [0, 0.1) is 0 Å². The molecule has 1 aromatic carbocycles. The lowest BCUT2D eigenvalue weighted by Crippen LogP contribution is -2.08. The second-order valence-corrected chi connectivity index (χ2v) is 3.23. The second kappa shape index (κ2) is 4.75. The first-order valence-corrected chi connectivity index (χ1v) is 4.58. The summed E-state index contributed by atoms with van der Waals surface area (Å²) in [5.74, 6) is 0.320. The quantitative estimate of drug-likeness (QED) is 0.765. The van der Waals surface area contributed by atoms with Crippen molar-refractivity contribution in [2.75, 3.05) is 7.11 Å². The lowest BCUT2D eigenvalue weighted by atomic mass is 9.99. The van der Waals surface area contributed by atoms with Crippen LogP contribution in [-0.2, 0) is 4.79 Å². The van der Waals surface area contributed by atoms with Crippen LogP contribution in [0.1, 0.15) is 18.6 Å². The van der Waals surface area contributed by atoms with E-state index < -0.39 is 6.10 Å². The fraction of sp³-hybridized carbons (Fsp3) is 0.250. The third kappa shape index (κ3) is 2.44. The monoisotopic (exact) mass is 206 g/mol. The molecule has 0 aromatic heterocycles. The molecule has 1 unspecified atom stereocenters. The molecule has 0 aliphatic carbocycles. The number of carbonyl (C=O) groups excluding carboxylic acids is 1. The standard InChI is InChI=1S/C12H14O3/c1-8(9(2)13)12(14)10-6-4-5-7-11(10)15-3/h4-7,12,14H,1H2,2-3H3. The first-order valence-electron chi connectivity index (χ1n) is 4.58. The van der Waals surface area contributed by atoms with E-state index in [1.807, 2.05) is 0 Å². The fourth-order valence-electron chi connectivity index (χ4n) is 1.27. The zero-order valence-corrected chi connectivity index (χ0v) is 8.86. The number of rotatable bonds is 4. The maximum Gasteiger partial charge on any atom is 0.158 e. The summed E-state index contributed by atoms with van der Waals surface area (Å²) in [7, 11) is 1.52. The van der Waals surface area contributed by atoms with Gasteiger partial charge in [0.25, 0.3) is 0 Å². The van der Waals surface area contributed by atoms with Crippen LogP contribution in [0.4, 0.5) is 0 Å². The molecule has 0 saturated heterocycles. The molecule has 0 fully saturated rings. The van der Waals surface area contributed by atoms with E-state index in [2.05, 4.69) is 6.58 Å². The summed E-state index contributed by atoms with van der Waals surface area (Å²) in [6.07, 6.45) is -1.00. The highest BCUT2D eigenvalue weighted by Crippen LogP contribution is 2.28. The number of ketones is 1. The molecule has 0 radical (unpaired) electrons. The number of ether oxygens (including phenoxy) is 1. The lowest BCUT2D eigenvalue weighted by Gasteiger charge is -2.14. The van der Waals surface area contributed by atoms with Crippen molar-refractivity contribution in [3.63, 3.8) is 0 Å². The van der Waals surface area contributed by atoms with Gasteiger partial charge in [-0.25, -0.2) is 0 Å². The molecule has 0 aliphatic heterocycles. The molecule has 0 aliphatic rings. The molecule has 0 heterocycles. The Hall–Kier alpha value is -1.61. The van der Waals surface area contributed by atoms with Crippen molar-refractivity contribution in [2.24, 2.45) is 0 Å². The summed E-state index contributed by atoms with van der Waals surface area (Å²) in [6, 6.07) is 7.00. The Balaban J connectivity index is 3.05. The SMILES string of the molecule is C=C(C(C)=O)C(O)c1ccccc1OC. The Labute approximate surface area is 89.0 Å². The molecule has 1 N–H and O–H groups in total. The minimum atomic E-state index is -1.00. The van der Waals surface area contributed by atoms with Crippen LogP contribution in [0.25, 0.3) is 0 Å². The predicted molar refractivity (Wildman–Crippen MR) is 57.8 cm³/mol. The number of carbonyl (C=O) groups is 1. The number of hydrogen-bond acceptors (Lipinski definition) is 3. The highest BCUT2D eigenvalue weighted by atomic mass is 16.5. The molecule has 1 aromatic rings. The molecule has 3 heteroatoms. The van der Waals surface area contributed by atoms with Gasteiger partial charge in [-0.05, 0) is 13.0 Å². The summed E-state index contributed by atoms with van der Waals surface area (Å²) < 4.78 is 5.08. The minimum absolute atomic E-state index is 0.166. The zero-order chi connectivity index (χ0) is 11.4. The van der Waals surface area contributed by atoms with Crippen molar-refractivity contribution in [1.82, 2.24) is 0 Å². The van der Waals surface area contributed by atoms with E-state index in [1.54, 1.807) is 24.3 Å². The molecule has 0 saturated carbocycles. The molecular formula is C12H14O3. The van der Waals surface area contributed by atoms with Crippen molar-refractivity contribution in [3.05, 3.63) is 42.0 Å². The summed E-state index contributed by atoms with van der Waals surface area (Å²) >= 11 is 0. The van der Waals surface area contributed by atoms with Crippen LogP contribution >= 0.6 is 0 Å². The van der Waals surface area contributed by atoms with Crippen molar-refractivity contribution in [1.29, 1.82) is 0 Å². The number of hydrogen-bond donors (Lipinski definition) is 1. The van der Waals surface area contributed by atoms with Gasteiger partial charge in [-0.2, -0.15) is 0 Å². The van der Waals surface area contributed by atoms with Gasteiger partial charge in [0.05, 0.1) is 7.11 Å². The molecule has 3 nitrogen and oxygen atoms in total. The number of methoxy groups -OCH3 is 1. The summed E-state index contributed by atoms with van der Waals surface area (Å²) in [6.45, 7) is 4.93. The van der Waals surface area contributed by atoms with Crippen LogP contribution in [0.3, 0.4) is 0 Å². The van der Waals surface area contributed by atoms with Crippen LogP contribution in [0.5, 0.6) is 5.75 Å². The first kappa shape index (κ1) is 11.5. The Bertz CT molecular complexity index is 382. The smallest absolute Gasteiger partial charge is 0.158 e. The summed E-state index contributed by atoms with van der Waals surface area (Å²) in [4.78, 5) is 11.1. The van der Waals surface area contributed by atoms with Gasteiger partial charge in [0.1, 0.15) is 11.9 Å². The molecule has 0 spiro atoms. The number of para-hydroxylation sites is 1. The normalized spacial score (nSPS) is 11.9. The first-order chi connectivity index (χ1) is 7.07. The van der Waals surface area contributed by atoms with Crippen molar-refractivity contribution in [2.45, 2.75) is 13.0 Å². The Morgan fingerprint density at radius 3 is 2.60 bits per heavy atom. The van der Waals surface area contributed by atoms with Crippen LogP contribution < -0.4 is 4.74 Å². The van der Waals surface area contributed by atoms with Crippen LogP contribution in [0.2, 0.25) is 0 Å². The van der Waals surface area contributed by atoms with Gasteiger partial charge in [0.2, 0.25) is 0 Å². The van der Waals surface area contributed by atoms with Gasteiger partial charge < -0.3 is 9.84 Å². The van der Waals surface area contributed by atoms with Crippen molar-refractivity contribution < 1.29 is 14.6 Å². The maximum absolute atomic E-state index is 11.1. The van der Waals surface area contributed by atoms with Crippen molar-refractivity contribution in [3.8, 4) is 5.75 Å². The van der Waals surface area contributed by atoms with E-state index in [-0.39, 0.29) is 11.4 Å². The highest BCUT2D eigenvalue weighted by Gasteiger charge is 2.18. The molecule has 0 amide bonds.